The maximum Gasteiger partial charge on any atom is 0.123 e. The van der Waals surface area contributed by atoms with E-state index < -0.39 is 0 Å². The number of benzene rings is 1. The van der Waals surface area contributed by atoms with Crippen molar-refractivity contribution in [1.29, 1.82) is 0 Å². The fraction of sp³-hybridized carbons (Fsp3) is 0.600. The first-order valence-corrected chi connectivity index (χ1v) is 7.00. The van der Waals surface area contributed by atoms with Crippen LogP contribution in [0.5, 0.6) is 0 Å². The second-order valence-corrected chi connectivity index (χ2v) is 6.01. The molecule has 0 atom stereocenters. The monoisotopic (exact) mass is 271 g/mol. The van der Waals surface area contributed by atoms with Crippen LogP contribution >= 0.6 is 11.6 Å². The van der Waals surface area contributed by atoms with Crippen LogP contribution in [0.25, 0.3) is 0 Å². The lowest BCUT2D eigenvalue weighted by Gasteiger charge is -2.25. The molecule has 0 unspecified atom stereocenters. The molecule has 0 radical (unpaired) electrons. The van der Waals surface area contributed by atoms with Gasteiger partial charge in [-0.1, -0.05) is 19.9 Å². The van der Waals surface area contributed by atoms with Crippen molar-refractivity contribution in [1.82, 2.24) is 5.32 Å². The van der Waals surface area contributed by atoms with E-state index in [4.69, 9.17) is 11.6 Å². The second-order valence-electron chi connectivity index (χ2n) is 5.63. The lowest BCUT2D eigenvalue weighted by Crippen LogP contribution is -2.29. The van der Waals surface area contributed by atoms with Crippen molar-refractivity contribution in [3.63, 3.8) is 0 Å². The molecule has 0 bridgehead atoms. The Morgan fingerprint density at radius 1 is 1.33 bits per heavy atom. The Balaban J connectivity index is 2.41. The van der Waals surface area contributed by atoms with Crippen LogP contribution in [-0.2, 0) is 6.54 Å². The van der Waals surface area contributed by atoms with E-state index in [0.29, 0.717) is 0 Å². The summed E-state index contributed by atoms with van der Waals surface area (Å²) >= 11 is 5.72. The molecular weight excluding hydrogens is 249 g/mol. The van der Waals surface area contributed by atoms with Gasteiger partial charge >= 0.3 is 0 Å². The molecular formula is C15H23ClFN. The van der Waals surface area contributed by atoms with Crippen LogP contribution in [0.4, 0.5) is 4.39 Å². The zero-order valence-electron chi connectivity index (χ0n) is 11.5. The van der Waals surface area contributed by atoms with E-state index in [1.165, 1.54) is 6.07 Å². The summed E-state index contributed by atoms with van der Waals surface area (Å²) in [6.45, 7) is 8.16. The molecule has 0 spiro atoms. The Bertz CT molecular complexity index is 377. The SMILES string of the molecule is Cc1cc(F)ccc1CNCC(C)(C)CCCCl. The van der Waals surface area contributed by atoms with Crippen molar-refractivity contribution < 1.29 is 4.39 Å². The van der Waals surface area contributed by atoms with Gasteiger partial charge in [-0.05, 0) is 48.4 Å². The van der Waals surface area contributed by atoms with Crippen LogP contribution in [0, 0.1) is 18.2 Å². The summed E-state index contributed by atoms with van der Waals surface area (Å²) < 4.78 is 13.0. The zero-order chi connectivity index (χ0) is 13.6. The molecule has 0 saturated heterocycles. The van der Waals surface area contributed by atoms with E-state index in [2.05, 4.69) is 19.2 Å². The normalized spacial score (nSPS) is 11.8. The average molecular weight is 272 g/mol. The van der Waals surface area contributed by atoms with Gasteiger partial charge in [0, 0.05) is 19.0 Å². The first-order valence-electron chi connectivity index (χ1n) is 6.46. The summed E-state index contributed by atoms with van der Waals surface area (Å²) in [4.78, 5) is 0. The number of halogens is 2. The number of hydrogen-bond donors (Lipinski definition) is 1. The van der Waals surface area contributed by atoms with Crippen LogP contribution in [0.1, 0.15) is 37.8 Å². The zero-order valence-corrected chi connectivity index (χ0v) is 12.3. The molecule has 3 heteroatoms. The van der Waals surface area contributed by atoms with Crippen LogP contribution in [0.2, 0.25) is 0 Å². The largest absolute Gasteiger partial charge is 0.312 e. The van der Waals surface area contributed by atoms with Crippen molar-refractivity contribution in [3.05, 3.63) is 35.1 Å². The third-order valence-electron chi connectivity index (χ3n) is 3.21. The van der Waals surface area contributed by atoms with Crippen LogP contribution in [-0.4, -0.2) is 12.4 Å². The van der Waals surface area contributed by atoms with Gasteiger partial charge in [-0.3, -0.25) is 0 Å². The minimum atomic E-state index is -0.168. The predicted octanol–water partition coefficient (Wildman–Crippen LogP) is 4.27. The van der Waals surface area contributed by atoms with Crippen molar-refractivity contribution in [3.8, 4) is 0 Å². The first kappa shape index (κ1) is 15.5. The van der Waals surface area contributed by atoms with Gasteiger partial charge in [0.1, 0.15) is 5.82 Å². The summed E-state index contributed by atoms with van der Waals surface area (Å²) in [5.74, 6) is 0.555. The van der Waals surface area contributed by atoms with Crippen LogP contribution < -0.4 is 5.32 Å². The molecule has 0 aliphatic heterocycles. The third-order valence-corrected chi connectivity index (χ3v) is 3.48. The smallest absolute Gasteiger partial charge is 0.123 e. The summed E-state index contributed by atoms with van der Waals surface area (Å²) in [6.07, 6.45) is 2.16. The number of hydrogen-bond acceptors (Lipinski definition) is 1. The van der Waals surface area contributed by atoms with Crippen LogP contribution in [0.15, 0.2) is 18.2 Å². The molecule has 1 aromatic rings. The molecule has 18 heavy (non-hydrogen) atoms. The number of alkyl halides is 1. The highest BCUT2D eigenvalue weighted by Gasteiger charge is 2.16. The molecule has 0 amide bonds. The number of rotatable bonds is 7. The van der Waals surface area contributed by atoms with Crippen molar-refractivity contribution in [2.24, 2.45) is 5.41 Å². The molecule has 1 nitrogen and oxygen atoms in total. The Morgan fingerprint density at radius 3 is 2.67 bits per heavy atom. The Labute approximate surface area is 115 Å². The van der Waals surface area contributed by atoms with E-state index in [-0.39, 0.29) is 11.2 Å². The van der Waals surface area contributed by atoms with E-state index in [1.807, 2.05) is 13.0 Å². The van der Waals surface area contributed by atoms with E-state index in [1.54, 1.807) is 6.07 Å². The minimum absolute atomic E-state index is 0.168. The van der Waals surface area contributed by atoms with Gasteiger partial charge in [0.25, 0.3) is 0 Å². The highest BCUT2D eigenvalue weighted by atomic mass is 35.5. The van der Waals surface area contributed by atoms with Crippen molar-refractivity contribution in [2.45, 2.75) is 40.2 Å². The molecule has 0 fully saturated rings. The van der Waals surface area contributed by atoms with Gasteiger partial charge in [0.05, 0.1) is 0 Å². The quantitative estimate of drug-likeness (QED) is 0.731. The maximum absolute atomic E-state index is 13.0. The lowest BCUT2D eigenvalue weighted by molar-refractivity contribution is 0.311. The summed E-state index contributed by atoms with van der Waals surface area (Å²) in [7, 11) is 0. The van der Waals surface area contributed by atoms with E-state index in [9.17, 15) is 4.39 Å². The number of nitrogens with one attached hydrogen (secondary N) is 1. The molecule has 0 aliphatic carbocycles. The molecule has 0 aliphatic rings. The topological polar surface area (TPSA) is 12.0 Å². The first-order chi connectivity index (χ1) is 8.44. The summed E-state index contributed by atoms with van der Waals surface area (Å²) in [5, 5.41) is 3.45. The van der Waals surface area contributed by atoms with E-state index in [0.717, 1.165) is 42.9 Å². The summed E-state index contributed by atoms with van der Waals surface area (Å²) in [6, 6.07) is 4.95. The highest BCUT2D eigenvalue weighted by Crippen LogP contribution is 2.21. The van der Waals surface area contributed by atoms with Gasteiger partial charge in [-0.2, -0.15) is 0 Å². The second kappa shape index (κ2) is 7.10. The molecule has 1 N–H and O–H groups in total. The molecule has 0 saturated carbocycles. The lowest BCUT2D eigenvalue weighted by atomic mass is 9.88. The van der Waals surface area contributed by atoms with Gasteiger partial charge < -0.3 is 5.32 Å². The molecule has 0 aromatic heterocycles. The third kappa shape index (κ3) is 5.36. The Hall–Kier alpha value is -0.600. The van der Waals surface area contributed by atoms with Crippen molar-refractivity contribution >= 4 is 11.6 Å². The Morgan fingerprint density at radius 2 is 2.06 bits per heavy atom. The van der Waals surface area contributed by atoms with Gasteiger partial charge in [-0.15, -0.1) is 11.6 Å². The van der Waals surface area contributed by atoms with Gasteiger partial charge in [0.2, 0.25) is 0 Å². The standard InChI is InChI=1S/C15H23ClFN/c1-12-9-14(17)6-5-13(12)10-18-11-15(2,3)7-4-8-16/h5-6,9,18H,4,7-8,10-11H2,1-3H3. The predicted molar refractivity (Wildman–Crippen MR) is 76.6 cm³/mol. The molecule has 1 aromatic carbocycles. The van der Waals surface area contributed by atoms with Gasteiger partial charge in [0.15, 0.2) is 0 Å². The highest BCUT2D eigenvalue weighted by molar-refractivity contribution is 6.17. The fourth-order valence-electron chi connectivity index (χ4n) is 2.03. The minimum Gasteiger partial charge on any atom is -0.312 e. The fourth-order valence-corrected chi connectivity index (χ4v) is 2.16. The van der Waals surface area contributed by atoms with E-state index >= 15 is 0 Å². The molecule has 102 valence electrons. The Kier molecular flexibility index (Phi) is 6.10. The van der Waals surface area contributed by atoms with Gasteiger partial charge in [-0.25, -0.2) is 4.39 Å². The maximum atomic E-state index is 13.0. The molecule has 1 rings (SSSR count). The van der Waals surface area contributed by atoms with Crippen LogP contribution in [0.3, 0.4) is 0 Å². The summed E-state index contributed by atoms with van der Waals surface area (Å²) in [5.41, 5.74) is 2.41. The average Bonchev–Trinajstić information content (AvgIpc) is 2.29. The molecule has 0 heterocycles. The van der Waals surface area contributed by atoms with Crippen molar-refractivity contribution in [2.75, 3.05) is 12.4 Å². The number of aryl methyl sites for hydroxylation is 1.